The molecule has 1 atom stereocenters. The Balaban J connectivity index is 2.16. The fourth-order valence-electron chi connectivity index (χ4n) is 2.27. The van der Waals surface area contributed by atoms with Crippen LogP contribution in [0.2, 0.25) is 0 Å². The predicted molar refractivity (Wildman–Crippen MR) is 82.5 cm³/mol. The summed E-state index contributed by atoms with van der Waals surface area (Å²) in [5, 5.41) is 8.38. The van der Waals surface area contributed by atoms with Gasteiger partial charge in [-0.05, 0) is 25.8 Å². The van der Waals surface area contributed by atoms with Gasteiger partial charge in [-0.1, -0.05) is 27.2 Å². The third kappa shape index (κ3) is 5.19. The fourth-order valence-corrected chi connectivity index (χ4v) is 3.52. The highest BCUT2D eigenvalue weighted by molar-refractivity contribution is 8.00. The van der Waals surface area contributed by atoms with Gasteiger partial charge in [-0.2, -0.15) is 11.8 Å². The van der Waals surface area contributed by atoms with Crippen LogP contribution in [0.4, 0.5) is 0 Å². The Morgan fingerprint density at radius 2 is 2.17 bits per heavy atom. The van der Waals surface area contributed by atoms with E-state index in [2.05, 4.69) is 37.4 Å². The molecule has 106 valence electrons. The van der Waals surface area contributed by atoms with Crippen LogP contribution in [0, 0.1) is 10.8 Å². The second-order valence-corrected chi connectivity index (χ2v) is 7.36. The lowest BCUT2D eigenvalue weighted by atomic mass is 9.86. The van der Waals surface area contributed by atoms with Crippen LogP contribution in [0.25, 0.3) is 0 Å². The molecule has 3 N–H and O–H groups in total. The average Bonchev–Trinajstić information content (AvgIpc) is 2.35. The van der Waals surface area contributed by atoms with Crippen molar-refractivity contribution < 1.29 is 0 Å². The van der Waals surface area contributed by atoms with Crippen LogP contribution in [0.1, 0.15) is 46.5 Å². The highest BCUT2D eigenvalue weighted by Crippen LogP contribution is 2.24. The van der Waals surface area contributed by atoms with Crippen LogP contribution in [0.15, 0.2) is 0 Å². The van der Waals surface area contributed by atoms with Crippen LogP contribution < -0.4 is 5.73 Å². The second-order valence-electron chi connectivity index (χ2n) is 5.96. The first-order chi connectivity index (χ1) is 8.45. The third-order valence-corrected chi connectivity index (χ3v) is 5.31. The molecule has 1 aliphatic heterocycles. The number of thioether (sulfide) groups is 1. The maximum absolute atomic E-state index is 7.54. The van der Waals surface area contributed by atoms with Gasteiger partial charge in [0.1, 0.15) is 0 Å². The smallest absolute Gasteiger partial charge is 0.0963 e. The number of hydrogen-bond acceptors (Lipinski definition) is 3. The van der Waals surface area contributed by atoms with Crippen LogP contribution in [0.5, 0.6) is 0 Å². The zero-order valence-electron chi connectivity index (χ0n) is 12.2. The molecule has 1 saturated heterocycles. The average molecular weight is 271 g/mol. The minimum Gasteiger partial charge on any atom is -0.387 e. The van der Waals surface area contributed by atoms with Gasteiger partial charge in [0.15, 0.2) is 0 Å². The van der Waals surface area contributed by atoms with Crippen molar-refractivity contribution in [3.63, 3.8) is 0 Å². The zero-order valence-corrected chi connectivity index (χ0v) is 13.0. The summed E-state index contributed by atoms with van der Waals surface area (Å²) in [5.74, 6) is 1.61. The summed E-state index contributed by atoms with van der Waals surface area (Å²) < 4.78 is 0. The lowest BCUT2D eigenvalue weighted by molar-refractivity contribution is 0.270. The zero-order chi connectivity index (χ0) is 13.6. The SMILES string of the molecule is CCC1CN(CCCCC(C)(C)C(=N)N)CCS1. The van der Waals surface area contributed by atoms with E-state index in [1.165, 1.54) is 44.6 Å². The topological polar surface area (TPSA) is 53.1 Å². The lowest BCUT2D eigenvalue weighted by Crippen LogP contribution is -2.38. The normalized spacial score (nSPS) is 22.1. The molecule has 0 aromatic carbocycles. The maximum atomic E-state index is 7.54. The van der Waals surface area contributed by atoms with Crippen molar-refractivity contribution in [3.8, 4) is 0 Å². The van der Waals surface area contributed by atoms with Crippen LogP contribution in [-0.4, -0.2) is 41.4 Å². The van der Waals surface area contributed by atoms with Gasteiger partial charge in [-0.15, -0.1) is 0 Å². The first-order valence-corrected chi connectivity index (χ1v) is 8.19. The maximum Gasteiger partial charge on any atom is 0.0963 e. The monoisotopic (exact) mass is 271 g/mol. The van der Waals surface area contributed by atoms with Crippen molar-refractivity contribution >= 4 is 17.6 Å². The molecule has 1 fully saturated rings. The summed E-state index contributed by atoms with van der Waals surface area (Å²) in [4.78, 5) is 2.60. The molecule has 0 bridgehead atoms. The first kappa shape index (κ1) is 15.8. The van der Waals surface area contributed by atoms with Crippen molar-refractivity contribution in [1.82, 2.24) is 4.90 Å². The van der Waals surface area contributed by atoms with E-state index in [-0.39, 0.29) is 5.41 Å². The van der Waals surface area contributed by atoms with Crippen molar-refractivity contribution in [2.75, 3.05) is 25.4 Å². The van der Waals surface area contributed by atoms with Crippen molar-refractivity contribution in [3.05, 3.63) is 0 Å². The predicted octanol–water partition coefficient (Wildman–Crippen LogP) is 2.95. The molecule has 1 unspecified atom stereocenters. The molecule has 0 saturated carbocycles. The molecule has 4 heteroatoms. The van der Waals surface area contributed by atoms with Gasteiger partial charge < -0.3 is 10.6 Å². The number of unbranched alkanes of at least 4 members (excludes halogenated alkanes) is 1. The van der Waals surface area contributed by atoms with Crippen molar-refractivity contribution in [1.29, 1.82) is 5.41 Å². The molecule has 0 spiro atoms. The molecular formula is C14H29N3S. The van der Waals surface area contributed by atoms with E-state index >= 15 is 0 Å². The van der Waals surface area contributed by atoms with Crippen LogP contribution in [0.3, 0.4) is 0 Å². The van der Waals surface area contributed by atoms with E-state index in [4.69, 9.17) is 11.1 Å². The van der Waals surface area contributed by atoms with Crippen LogP contribution in [-0.2, 0) is 0 Å². The minimum absolute atomic E-state index is 0.121. The summed E-state index contributed by atoms with van der Waals surface area (Å²) in [6, 6.07) is 0. The Bertz CT molecular complexity index is 266. The Kier molecular flexibility index (Phi) is 6.50. The Morgan fingerprint density at radius 3 is 2.78 bits per heavy atom. The number of amidine groups is 1. The van der Waals surface area contributed by atoms with E-state index in [0.717, 1.165) is 11.7 Å². The van der Waals surface area contributed by atoms with Crippen molar-refractivity contribution in [2.45, 2.75) is 51.7 Å². The molecular weight excluding hydrogens is 242 g/mol. The summed E-state index contributed by atoms with van der Waals surface area (Å²) in [7, 11) is 0. The lowest BCUT2D eigenvalue weighted by Gasteiger charge is -2.32. The van der Waals surface area contributed by atoms with E-state index in [0.29, 0.717) is 5.84 Å². The molecule has 3 nitrogen and oxygen atoms in total. The second kappa shape index (κ2) is 7.39. The molecule has 0 aromatic heterocycles. The number of nitrogens with one attached hydrogen (secondary N) is 1. The molecule has 0 radical (unpaired) electrons. The number of hydrogen-bond donors (Lipinski definition) is 2. The molecule has 1 rings (SSSR count). The van der Waals surface area contributed by atoms with Gasteiger partial charge in [-0.3, -0.25) is 5.41 Å². The van der Waals surface area contributed by atoms with Crippen LogP contribution >= 0.6 is 11.8 Å². The molecule has 18 heavy (non-hydrogen) atoms. The number of rotatable bonds is 7. The van der Waals surface area contributed by atoms with Crippen molar-refractivity contribution in [2.24, 2.45) is 11.1 Å². The van der Waals surface area contributed by atoms with E-state index in [1.54, 1.807) is 0 Å². The summed E-state index contributed by atoms with van der Waals surface area (Å²) in [6.45, 7) is 10.1. The minimum atomic E-state index is -0.121. The van der Waals surface area contributed by atoms with Gasteiger partial charge >= 0.3 is 0 Å². The highest BCUT2D eigenvalue weighted by atomic mass is 32.2. The molecule has 0 amide bonds. The van der Waals surface area contributed by atoms with Gasteiger partial charge in [0.05, 0.1) is 5.84 Å². The highest BCUT2D eigenvalue weighted by Gasteiger charge is 2.22. The number of nitrogens with zero attached hydrogens (tertiary/aromatic N) is 1. The Hall–Kier alpha value is -0.220. The number of nitrogens with two attached hydrogens (primary N) is 1. The Labute approximate surface area is 116 Å². The molecule has 0 aliphatic carbocycles. The van der Waals surface area contributed by atoms with Gasteiger partial charge in [0.2, 0.25) is 0 Å². The third-order valence-electron chi connectivity index (χ3n) is 3.93. The van der Waals surface area contributed by atoms with Gasteiger partial charge in [-0.25, -0.2) is 0 Å². The van der Waals surface area contributed by atoms with E-state index in [1.807, 2.05) is 0 Å². The fraction of sp³-hybridized carbons (Fsp3) is 0.929. The standard InChI is InChI=1S/C14H29N3S/c1-4-12-11-17(9-10-18-12)8-6-5-7-14(2,3)13(15)16/h12H,4-11H2,1-3H3,(H3,15,16). The van der Waals surface area contributed by atoms with Gasteiger partial charge in [0.25, 0.3) is 0 Å². The quantitative estimate of drug-likeness (QED) is 0.425. The largest absolute Gasteiger partial charge is 0.387 e. The van der Waals surface area contributed by atoms with E-state index < -0.39 is 0 Å². The van der Waals surface area contributed by atoms with Gasteiger partial charge in [0, 0.05) is 29.5 Å². The summed E-state index contributed by atoms with van der Waals surface area (Å²) in [6.07, 6.45) is 4.73. The Morgan fingerprint density at radius 1 is 1.44 bits per heavy atom. The van der Waals surface area contributed by atoms with E-state index in [9.17, 15) is 0 Å². The molecule has 1 heterocycles. The molecule has 0 aromatic rings. The summed E-state index contributed by atoms with van der Waals surface area (Å²) in [5.41, 5.74) is 5.48. The first-order valence-electron chi connectivity index (χ1n) is 7.14. The molecule has 1 aliphatic rings. The summed E-state index contributed by atoms with van der Waals surface area (Å²) >= 11 is 2.13.